The predicted molar refractivity (Wildman–Crippen MR) is 101 cm³/mol. The third-order valence-corrected chi connectivity index (χ3v) is 4.63. The van der Waals surface area contributed by atoms with Crippen molar-refractivity contribution in [2.75, 3.05) is 11.1 Å². The van der Waals surface area contributed by atoms with Crippen LogP contribution in [0.4, 0.5) is 5.69 Å². The number of carbonyl (C=O) groups excluding carboxylic acids is 2. The maximum Gasteiger partial charge on any atom is 0.221 e. The van der Waals surface area contributed by atoms with E-state index in [0.717, 1.165) is 16.1 Å². The first-order valence-electron chi connectivity index (χ1n) is 7.90. The summed E-state index contributed by atoms with van der Waals surface area (Å²) in [4.78, 5) is 24.3. The van der Waals surface area contributed by atoms with Gasteiger partial charge in [0.2, 0.25) is 5.91 Å². The number of Topliss-reactive ketones (excluding diaryl/α,β-unsaturated/α-hetero) is 1. The largest absolute Gasteiger partial charge is 0.326 e. The van der Waals surface area contributed by atoms with Crippen molar-refractivity contribution in [3.05, 3.63) is 59.7 Å². The number of carbonyl (C=O) groups is 2. The Morgan fingerprint density at radius 2 is 1.54 bits per heavy atom. The molecule has 0 unspecified atom stereocenters. The summed E-state index contributed by atoms with van der Waals surface area (Å²) in [6.45, 7) is 7.95. The van der Waals surface area contributed by atoms with Gasteiger partial charge >= 0.3 is 0 Å². The number of hydrogen-bond donors (Lipinski definition) is 1. The molecule has 0 aliphatic rings. The van der Waals surface area contributed by atoms with Gasteiger partial charge in [0.05, 0.1) is 5.75 Å². The highest BCUT2D eigenvalue weighted by Crippen LogP contribution is 2.24. The molecule has 0 radical (unpaired) electrons. The summed E-state index contributed by atoms with van der Waals surface area (Å²) >= 11 is 1.50. The van der Waals surface area contributed by atoms with Crippen LogP contribution in [0.5, 0.6) is 0 Å². The van der Waals surface area contributed by atoms with Crippen LogP contribution in [0, 0.1) is 0 Å². The van der Waals surface area contributed by atoms with Crippen LogP contribution in [0.25, 0.3) is 0 Å². The maximum atomic E-state index is 12.3. The summed E-state index contributed by atoms with van der Waals surface area (Å²) < 4.78 is 0. The van der Waals surface area contributed by atoms with Crippen molar-refractivity contribution in [3.63, 3.8) is 0 Å². The zero-order valence-electron chi connectivity index (χ0n) is 14.6. The molecule has 0 aliphatic heterocycles. The number of anilines is 1. The van der Waals surface area contributed by atoms with Crippen molar-refractivity contribution < 1.29 is 9.59 Å². The number of benzene rings is 2. The zero-order chi connectivity index (χ0) is 17.7. The van der Waals surface area contributed by atoms with Gasteiger partial charge in [-0.25, -0.2) is 0 Å². The van der Waals surface area contributed by atoms with Gasteiger partial charge in [0.15, 0.2) is 5.78 Å². The van der Waals surface area contributed by atoms with Crippen molar-refractivity contribution in [2.24, 2.45) is 0 Å². The first kappa shape index (κ1) is 18.3. The van der Waals surface area contributed by atoms with E-state index in [1.807, 2.05) is 48.5 Å². The molecule has 2 aromatic carbocycles. The number of thioether (sulfide) groups is 1. The third kappa shape index (κ3) is 5.24. The molecule has 2 aromatic rings. The van der Waals surface area contributed by atoms with Crippen molar-refractivity contribution in [1.29, 1.82) is 0 Å². The van der Waals surface area contributed by atoms with Crippen LogP contribution in [0.2, 0.25) is 0 Å². The second-order valence-corrected chi connectivity index (χ2v) is 7.79. The number of amides is 1. The van der Waals surface area contributed by atoms with E-state index in [9.17, 15) is 9.59 Å². The number of hydrogen-bond acceptors (Lipinski definition) is 3. The first-order valence-corrected chi connectivity index (χ1v) is 8.88. The molecule has 0 saturated carbocycles. The summed E-state index contributed by atoms with van der Waals surface area (Å²) in [5, 5.41) is 2.72. The Hall–Kier alpha value is -2.07. The van der Waals surface area contributed by atoms with Gasteiger partial charge in [-0.1, -0.05) is 45.0 Å². The average Bonchev–Trinajstić information content (AvgIpc) is 2.52. The van der Waals surface area contributed by atoms with Gasteiger partial charge in [-0.05, 0) is 35.2 Å². The molecule has 0 heterocycles. The number of ketones is 1. The van der Waals surface area contributed by atoms with Crippen LogP contribution >= 0.6 is 11.8 Å². The summed E-state index contributed by atoms with van der Waals surface area (Å²) in [5.74, 6) is 0.421. The Morgan fingerprint density at radius 3 is 2.04 bits per heavy atom. The minimum Gasteiger partial charge on any atom is -0.326 e. The fraction of sp³-hybridized carbons (Fsp3) is 0.300. The SMILES string of the molecule is CC(=O)Nc1ccc(SCC(=O)c2ccc(C(C)(C)C)cc2)cc1. The fourth-order valence-electron chi connectivity index (χ4n) is 2.23. The molecule has 1 amide bonds. The molecular weight excluding hydrogens is 318 g/mol. The lowest BCUT2D eigenvalue weighted by atomic mass is 9.86. The monoisotopic (exact) mass is 341 g/mol. The minimum atomic E-state index is -0.0933. The summed E-state index contributed by atoms with van der Waals surface area (Å²) in [5.41, 5.74) is 2.81. The van der Waals surface area contributed by atoms with E-state index in [4.69, 9.17) is 0 Å². The molecule has 0 atom stereocenters. The lowest BCUT2D eigenvalue weighted by molar-refractivity contribution is -0.114. The molecule has 0 bridgehead atoms. The Kier molecular flexibility index (Phi) is 5.84. The molecule has 0 aromatic heterocycles. The van der Waals surface area contributed by atoms with Gasteiger partial charge in [0.25, 0.3) is 0 Å². The van der Waals surface area contributed by atoms with Crippen molar-refractivity contribution >= 4 is 29.1 Å². The van der Waals surface area contributed by atoms with Gasteiger partial charge in [-0.2, -0.15) is 0 Å². The van der Waals surface area contributed by atoms with Gasteiger partial charge < -0.3 is 5.32 Å². The highest BCUT2D eigenvalue weighted by atomic mass is 32.2. The van der Waals surface area contributed by atoms with E-state index >= 15 is 0 Å². The van der Waals surface area contributed by atoms with Crippen LogP contribution in [0.1, 0.15) is 43.6 Å². The topological polar surface area (TPSA) is 46.2 Å². The van der Waals surface area contributed by atoms with Crippen LogP contribution < -0.4 is 5.32 Å². The van der Waals surface area contributed by atoms with Gasteiger partial charge in [-0.15, -0.1) is 11.8 Å². The smallest absolute Gasteiger partial charge is 0.221 e. The Labute approximate surface area is 147 Å². The highest BCUT2D eigenvalue weighted by Gasteiger charge is 2.14. The average molecular weight is 341 g/mol. The van der Waals surface area contributed by atoms with Crippen LogP contribution in [-0.4, -0.2) is 17.4 Å². The van der Waals surface area contributed by atoms with Crippen LogP contribution in [0.15, 0.2) is 53.4 Å². The molecule has 126 valence electrons. The van der Waals surface area contributed by atoms with Crippen molar-refractivity contribution in [3.8, 4) is 0 Å². The van der Waals surface area contributed by atoms with E-state index in [-0.39, 0.29) is 17.1 Å². The highest BCUT2D eigenvalue weighted by molar-refractivity contribution is 8.00. The second kappa shape index (κ2) is 7.67. The van der Waals surface area contributed by atoms with Gasteiger partial charge in [0.1, 0.15) is 0 Å². The van der Waals surface area contributed by atoms with E-state index in [2.05, 4.69) is 26.1 Å². The van der Waals surface area contributed by atoms with Crippen LogP contribution in [0.3, 0.4) is 0 Å². The fourth-order valence-corrected chi connectivity index (χ4v) is 3.02. The summed E-state index contributed by atoms with van der Waals surface area (Å²) in [6, 6.07) is 15.4. The number of rotatable bonds is 5. The van der Waals surface area contributed by atoms with E-state index in [0.29, 0.717) is 5.75 Å². The standard InChI is InChI=1S/C20H23NO2S/c1-14(22)21-17-9-11-18(12-10-17)24-13-19(23)15-5-7-16(8-6-15)20(2,3)4/h5-12H,13H2,1-4H3,(H,21,22). The van der Waals surface area contributed by atoms with Gasteiger partial charge in [-0.3, -0.25) is 9.59 Å². The molecule has 0 spiro atoms. The van der Waals surface area contributed by atoms with E-state index in [1.165, 1.54) is 24.2 Å². The zero-order valence-corrected chi connectivity index (χ0v) is 15.4. The predicted octanol–water partition coefficient (Wildman–Crippen LogP) is 4.92. The molecule has 1 N–H and O–H groups in total. The van der Waals surface area contributed by atoms with Gasteiger partial charge in [0, 0.05) is 23.1 Å². The molecule has 3 nitrogen and oxygen atoms in total. The van der Waals surface area contributed by atoms with Crippen LogP contribution in [-0.2, 0) is 10.2 Å². The van der Waals surface area contributed by atoms with Crippen molar-refractivity contribution in [2.45, 2.75) is 38.0 Å². The molecule has 0 saturated heterocycles. The Morgan fingerprint density at radius 1 is 0.958 bits per heavy atom. The molecule has 0 fully saturated rings. The van der Waals surface area contributed by atoms with E-state index in [1.54, 1.807) is 0 Å². The molecule has 0 aliphatic carbocycles. The quantitative estimate of drug-likeness (QED) is 0.620. The summed E-state index contributed by atoms with van der Waals surface area (Å²) in [7, 11) is 0. The Bertz CT molecular complexity index is 713. The first-order chi connectivity index (χ1) is 11.3. The second-order valence-electron chi connectivity index (χ2n) is 6.74. The van der Waals surface area contributed by atoms with E-state index < -0.39 is 0 Å². The molecular formula is C20H23NO2S. The Balaban J connectivity index is 1.94. The normalized spacial score (nSPS) is 11.2. The lowest BCUT2D eigenvalue weighted by Crippen LogP contribution is -2.11. The summed E-state index contributed by atoms with van der Waals surface area (Å²) in [6.07, 6.45) is 0. The molecule has 2 rings (SSSR count). The lowest BCUT2D eigenvalue weighted by Gasteiger charge is -2.18. The minimum absolute atomic E-state index is 0.0893. The maximum absolute atomic E-state index is 12.3. The molecule has 24 heavy (non-hydrogen) atoms. The van der Waals surface area contributed by atoms with Crippen molar-refractivity contribution in [1.82, 2.24) is 0 Å². The number of nitrogens with one attached hydrogen (secondary N) is 1. The third-order valence-electron chi connectivity index (χ3n) is 3.62. The molecule has 4 heteroatoms.